The molecule has 1 heterocycles. The summed E-state index contributed by atoms with van der Waals surface area (Å²) in [5.41, 5.74) is 0. The normalized spacial score (nSPS) is 17.4. The average molecular weight is 307 g/mol. The molecule has 0 aliphatic carbocycles. The highest BCUT2D eigenvalue weighted by molar-refractivity contribution is 7.53. The van der Waals surface area contributed by atoms with Crippen molar-refractivity contribution in [2.45, 2.75) is 39.5 Å². The van der Waals surface area contributed by atoms with E-state index >= 15 is 0 Å². The molecule has 1 saturated heterocycles. The summed E-state index contributed by atoms with van der Waals surface area (Å²) in [6.07, 6.45) is 3.15. The van der Waals surface area contributed by atoms with Crippen LogP contribution in [0.3, 0.4) is 0 Å². The first kappa shape index (κ1) is 17.5. The summed E-state index contributed by atoms with van der Waals surface area (Å²) in [7, 11) is -2.92. The Morgan fingerprint density at radius 3 is 2.25 bits per heavy atom. The predicted molar refractivity (Wildman–Crippen MR) is 77.3 cm³/mol. The summed E-state index contributed by atoms with van der Waals surface area (Å²) >= 11 is 0. The molecule has 20 heavy (non-hydrogen) atoms. The number of hydrogen-bond acceptors (Lipinski definition) is 4. The third-order valence-corrected chi connectivity index (χ3v) is 5.75. The summed E-state index contributed by atoms with van der Waals surface area (Å²) in [6.45, 7) is 5.63. The van der Waals surface area contributed by atoms with E-state index in [1.54, 1.807) is 0 Å². The number of rotatable bonds is 8. The summed E-state index contributed by atoms with van der Waals surface area (Å²) < 4.78 is 22.8. The van der Waals surface area contributed by atoms with Gasteiger partial charge in [0.05, 0.1) is 19.4 Å². The van der Waals surface area contributed by atoms with Gasteiger partial charge in [-0.1, -0.05) is 0 Å². The Bertz CT molecular complexity index is 332. The van der Waals surface area contributed by atoms with E-state index in [0.717, 1.165) is 25.7 Å². The van der Waals surface area contributed by atoms with E-state index in [1.165, 1.54) is 4.90 Å². The van der Waals surface area contributed by atoms with Crippen LogP contribution in [0.4, 0.5) is 4.79 Å². The lowest BCUT2D eigenvalue weighted by Crippen LogP contribution is -2.37. The van der Waals surface area contributed by atoms with E-state index in [1.807, 2.05) is 13.8 Å². The van der Waals surface area contributed by atoms with Crippen LogP contribution in [-0.4, -0.2) is 48.6 Å². The van der Waals surface area contributed by atoms with Crippen molar-refractivity contribution in [3.63, 3.8) is 0 Å². The van der Waals surface area contributed by atoms with Crippen LogP contribution < -0.4 is 0 Å². The third-order valence-electron chi connectivity index (χ3n) is 3.58. The van der Waals surface area contributed by atoms with Gasteiger partial charge in [0.2, 0.25) is 0 Å². The maximum atomic E-state index is 12.3. The molecule has 0 unspecified atom stereocenters. The van der Waals surface area contributed by atoms with Crippen LogP contribution in [-0.2, 0) is 13.6 Å². The molecule has 1 amide bonds. The third kappa shape index (κ3) is 5.81. The van der Waals surface area contributed by atoms with E-state index in [-0.39, 0.29) is 0 Å². The van der Waals surface area contributed by atoms with Crippen LogP contribution in [0.1, 0.15) is 39.5 Å². The minimum Gasteiger partial charge on any atom is -0.465 e. The van der Waals surface area contributed by atoms with Gasteiger partial charge in [0.1, 0.15) is 0 Å². The number of nitrogens with zero attached hydrogens (tertiary/aromatic N) is 1. The van der Waals surface area contributed by atoms with E-state index in [2.05, 4.69) is 0 Å². The number of amides is 1. The molecular weight excluding hydrogens is 281 g/mol. The second-order valence-electron chi connectivity index (χ2n) is 5.03. The molecule has 0 bridgehead atoms. The highest BCUT2D eigenvalue weighted by Gasteiger charge is 2.25. The number of likely N-dealkylation sites (tertiary alicyclic amines) is 1. The second kappa shape index (κ2) is 8.65. The van der Waals surface area contributed by atoms with Gasteiger partial charge in [0.25, 0.3) is 0 Å². The Hall–Kier alpha value is -0.580. The molecule has 1 fully saturated rings. The standard InChI is InChI=1S/C13H26NO5P/c1-3-18-20(17,19-4-2)11-5-6-12-7-9-14(10-8-12)13(15)16/h12H,3-11H2,1-2H3,(H,15,16). The lowest BCUT2D eigenvalue weighted by atomic mass is 9.93. The zero-order valence-corrected chi connectivity index (χ0v) is 13.3. The molecule has 1 aliphatic rings. The minimum absolute atomic E-state index is 0.397. The average Bonchev–Trinajstić information content (AvgIpc) is 2.39. The lowest BCUT2D eigenvalue weighted by molar-refractivity contribution is 0.123. The monoisotopic (exact) mass is 307 g/mol. The largest absolute Gasteiger partial charge is 0.465 e. The maximum Gasteiger partial charge on any atom is 0.407 e. The summed E-state index contributed by atoms with van der Waals surface area (Å²) in [5.74, 6) is 0.516. The molecular formula is C13H26NO5P. The van der Waals surface area contributed by atoms with Crippen molar-refractivity contribution in [1.29, 1.82) is 0 Å². The SMILES string of the molecule is CCOP(=O)(CCCC1CCN(C(=O)O)CC1)OCC. The van der Waals surface area contributed by atoms with Crippen molar-refractivity contribution >= 4 is 13.7 Å². The first-order valence-corrected chi connectivity index (χ1v) is 9.09. The van der Waals surface area contributed by atoms with E-state index in [0.29, 0.717) is 38.4 Å². The van der Waals surface area contributed by atoms with E-state index in [9.17, 15) is 9.36 Å². The number of carbonyl (C=O) groups is 1. The zero-order valence-electron chi connectivity index (χ0n) is 12.4. The van der Waals surface area contributed by atoms with E-state index in [4.69, 9.17) is 14.2 Å². The van der Waals surface area contributed by atoms with Crippen molar-refractivity contribution < 1.29 is 23.5 Å². The quantitative estimate of drug-likeness (QED) is 0.695. The zero-order chi connectivity index (χ0) is 15.0. The molecule has 0 atom stereocenters. The van der Waals surface area contributed by atoms with Gasteiger partial charge in [-0.15, -0.1) is 0 Å². The van der Waals surface area contributed by atoms with Crippen LogP contribution in [0.5, 0.6) is 0 Å². The summed E-state index contributed by atoms with van der Waals surface area (Å²) in [5, 5.41) is 8.88. The van der Waals surface area contributed by atoms with Gasteiger partial charge in [-0.3, -0.25) is 4.57 Å². The van der Waals surface area contributed by atoms with Crippen LogP contribution in [0.15, 0.2) is 0 Å². The highest BCUT2D eigenvalue weighted by Crippen LogP contribution is 2.49. The molecule has 7 heteroatoms. The van der Waals surface area contributed by atoms with Crippen LogP contribution in [0, 0.1) is 5.92 Å². The van der Waals surface area contributed by atoms with Crippen molar-refractivity contribution in [1.82, 2.24) is 4.90 Å². The van der Waals surface area contributed by atoms with E-state index < -0.39 is 13.7 Å². The fraction of sp³-hybridized carbons (Fsp3) is 0.923. The number of hydrogen-bond donors (Lipinski definition) is 1. The molecule has 0 saturated carbocycles. The molecule has 1 N–H and O–H groups in total. The van der Waals surface area contributed by atoms with Crippen LogP contribution >= 0.6 is 7.60 Å². The maximum absolute atomic E-state index is 12.3. The Labute approximate surface area is 121 Å². The van der Waals surface area contributed by atoms with Crippen molar-refractivity contribution in [2.24, 2.45) is 5.92 Å². The van der Waals surface area contributed by atoms with Gasteiger partial charge < -0.3 is 19.1 Å². The lowest BCUT2D eigenvalue weighted by Gasteiger charge is -2.30. The second-order valence-corrected chi connectivity index (χ2v) is 7.21. The first-order chi connectivity index (χ1) is 9.50. The van der Waals surface area contributed by atoms with Crippen molar-refractivity contribution in [2.75, 3.05) is 32.5 Å². The Morgan fingerprint density at radius 1 is 1.25 bits per heavy atom. The summed E-state index contributed by atoms with van der Waals surface area (Å²) in [6, 6.07) is 0. The molecule has 0 aromatic rings. The van der Waals surface area contributed by atoms with Crippen molar-refractivity contribution in [3.8, 4) is 0 Å². The predicted octanol–water partition coefficient (Wildman–Crippen LogP) is 3.42. The van der Waals surface area contributed by atoms with Gasteiger partial charge in [0.15, 0.2) is 0 Å². The molecule has 6 nitrogen and oxygen atoms in total. The minimum atomic E-state index is -2.92. The van der Waals surface area contributed by atoms with Crippen molar-refractivity contribution in [3.05, 3.63) is 0 Å². The number of piperidine rings is 1. The van der Waals surface area contributed by atoms with Gasteiger partial charge in [-0.25, -0.2) is 4.79 Å². The molecule has 1 rings (SSSR count). The molecule has 0 aromatic heterocycles. The fourth-order valence-corrected chi connectivity index (χ4v) is 4.24. The molecule has 1 aliphatic heterocycles. The Kier molecular flexibility index (Phi) is 7.56. The molecule has 118 valence electrons. The molecule has 0 radical (unpaired) electrons. The smallest absolute Gasteiger partial charge is 0.407 e. The number of carboxylic acid groups (broad SMARTS) is 1. The highest BCUT2D eigenvalue weighted by atomic mass is 31.2. The fourth-order valence-electron chi connectivity index (χ4n) is 2.55. The Morgan fingerprint density at radius 2 is 1.80 bits per heavy atom. The molecule has 0 spiro atoms. The summed E-state index contributed by atoms with van der Waals surface area (Å²) in [4.78, 5) is 12.3. The van der Waals surface area contributed by atoms with Gasteiger partial charge in [0, 0.05) is 13.1 Å². The van der Waals surface area contributed by atoms with Crippen LogP contribution in [0.25, 0.3) is 0 Å². The van der Waals surface area contributed by atoms with Gasteiger partial charge in [-0.2, -0.15) is 0 Å². The van der Waals surface area contributed by atoms with Gasteiger partial charge in [-0.05, 0) is 45.4 Å². The Balaban J connectivity index is 2.27. The van der Waals surface area contributed by atoms with Crippen LogP contribution in [0.2, 0.25) is 0 Å². The van der Waals surface area contributed by atoms with Gasteiger partial charge >= 0.3 is 13.7 Å². The molecule has 0 aromatic carbocycles. The topological polar surface area (TPSA) is 76.1 Å². The first-order valence-electron chi connectivity index (χ1n) is 7.36.